The summed E-state index contributed by atoms with van der Waals surface area (Å²) in [6.45, 7) is 3.99. The third-order valence-corrected chi connectivity index (χ3v) is 8.88. The van der Waals surface area contributed by atoms with Gasteiger partial charge in [-0.25, -0.2) is 0 Å². The Morgan fingerprint density at radius 2 is 1.43 bits per heavy atom. The van der Waals surface area contributed by atoms with E-state index in [0.717, 1.165) is 27.3 Å². The molecule has 0 bridgehead atoms. The lowest BCUT2D eigenvalue weighted by atomic mass is 10.1. The number of anilines is 2. The highest BCUT2D eigenvalue weighted by molar-refractivity contribution is 8.00. The van der Waals surface area contributed by atoms with Gasteiger partial charge in [-0.3, -0.25) is 14.4 Å². The van der Waals surface area contributed by atoms with Crippen molar-refractivity contribution in [2.75, 3.05) is 24.9 Å². The molecule has 0 aliphatic carbocycles. The first kappa shape index (κ1) is 34.5. The van der Waals surface area contributed by atoms with Gasteiger partial charge in [-0.1, -0.05) is 66.2 Å². The Kier molecular flexibility index (Phi) is 11.5. The van der Waals surface area contributed by atoms with E-state index in [2.05, 4.69) is 16.0 Å². The largest absolute Gasteiger partial charge is 0.497 e. The summed E-state index contributed by atoms with van der Waals surface area (Å²) in [5.74, 6) is -0.0644. The van der Waals surface area contributed by atoms with Crippen molar-refractivity contribution >= 4 is 46.9 Å². The summed E-state index contributed by atoms with van der Waals surface area (Å²) in [4.78, 5) is 41.2. The van der Waals surface area contributed by atoms with E-state index in [9.17, 15) is 14.4 Å². The predicted molar refractivity (Wildman–Crippen MR) is 196 cm³/mol. The molecule has 49 heavy (non-hydrogen) atoms. The Hall–Kier alpha value is -5.80. The fourth-order valence-corrected chi connectivity index (χ4v) is 6.08. The van der Waals surface area contributed by atoms with Crippen LogP contribution in [0.1, 0.15) is 37.9 Å². The van der Waals surface area contributed by atoms with Crippen molar-refractivity contribution in [1.29, 1.82) is 0 Å². The monoisotopic (exact) mass is 671 g/mol. The number of rotatable bonds is 12. The molecule has 248 valence electrons. The number of thioether (sulfide) groups is 1. The number of nitrogens with one attached hydrogen (secondary N) is 3. The molecule has 5 aromatic carbocycles. The molecule has 1 unspecified atom stereocenters. The van der Waals surface area contributed by atoms with E-state index in [-0.39, 0.29) is 11.6 Å². The number of hydrogen-bond donors (Lipinski definition) is 3. The van der Waals surface area contributed by atoms with Crippen molar-refractivity contribution in [3.8, 4) is 11.5 Å². The lowest BCUT2D eigenvalue weighted by Crippen LogP contribution is -2.30. The van der Waals surface area contributed by atoms with E-state index >= 15 is 0 Å². The number of methoxy groups -OCH3 is 2. The first-order valence-electron chi connectivity index (χ1n) is 15.6. The molecule has 8 nitrogen and oxygen atoms in total. The maximum absolute atomic E-state index is 13.7. The molecule has 0 spiro atoms. The summed E-state index contributed by atoms with van der Waals surface area (Å²) >= 11 is 1.41. The van der Waals surface area contributed by atoms with Gasteiger partial charge in [0.05, 0.1) is 14.2 Å². The van der Waals surface area contributed by atoms with Crippen LogP contribution in [0.3, 0.4) is 0 Å². The summed E-state index contributed by atoms with van der Waals surface area (Å²) in [6, 6.07) is 36.6. The number of aryl methyl sites for hydroxylation is 2. The normalized spacial score (nSPS) is 11.6. The quantitative estimate of drug-likeness (QED) is 0.0913. The molecule has 9 heteroatoms. The van der Waals surface area contributed by atoms with E-state index in [1.807, 2.05) is 80.6 Å². The topological polar surface area (TPSA) is 106 Å². The molecule has 0 heterocycles. The zero-order chi connectivity index (χ0) is 34.8. The Labute approximate surface area is 290 Å². The third kappa shape index (κ3) is 9.18. The first-order chi connectivity index (χ1) is 23.7. The number of hydrogen-bond acceptors (Lipinski definition) is 6. The fourth-order valence-electron chi connectivity index (χ4n) is 5.05. The highest BCUT2D eigenvalue weighted by Gasteiger charge is 2.23. The Balaban J connectivity index is 1.37. The van der Waals surface area contributed by atoms with Gasteiger partial charge < -0.3 is 25.4 Å². The van der Waals surface area contributed by atoms with Crippen LogP contribution in [-0.2, 0) is 9.59 Å². The third-order valence-electron chi connectivity index (χ3n) is 7.61. The van der Waals surface area contributed by atoms with E-state index in [0.29, 0.717) is 28.3 Å². The van der Waals surface area contributed by atoms with E-state index in [1.54, 1.807) is 67.8 Å². The molecule has 0 saturated carbocycles. The lowest BCUT2D eigenvalue weighted by molar-refractivity contribution is -0.116. The molecule has 5 aromatic rings. The van der Waals surface area contributed by atoms with Crippen LogP contribution in [0, 0.1) is 13.8 Å². The van der Waals surface area contributed by atoms with Gasteiger partial charge >= 0.3 is 0 Å². The van der Waals surface area contributed by atoms with Gasteiger partial charge in [0.2, 0.25) is 5.91 Å². The van der Waals surface area contributed by atoms with Crippen molar-refractivity contribution in [1.82, 2.24) is 5.32 Å². The van der Waals surface area contributed by atoms with Crippen molar-refractivity contribution < 1.29 is 23.9 Å². The molecule has 0 saturated heterocycles. The lowest BCUT2D eigenvalue weighted by Gasteiger charge is -2.18. The van der Waals surface area contributed by atoms with Crippen molar-refractivity contribution in [3.05, 3.63) is 155 Å². The fraction of sp³-hybridized carbons (Fsp3) is 0.125. The molecule has 0 aliphatic rings. The van der Waals surface area contributed by atoms with E-state index in [4.69, 9.17) is 9.47 Å². The number of ether oxygens (including phenoxy) is 2. The molecular formula is C40H37N3O5S. The molecular weight excluding hydrogens is 635 g/mol. The molecule has 5 rings (SSSR count). The Morgan fingerprint density at radius 3 is 2.08 bits per heavy atom. The summed E-state index contributed by atoms with van der Waals surface area (Å²) < 4.78 is 10.9. The van der Waals surface area contributed by atoms with Crippen LogP contribution in [0.4, 0.5) is 11.4 Å². The van der Waals surface area contributed by atoms with Gasteiger partial charge in [0.1, 0.15) is 22.4 Å². The Bertz CT molecular complexity index is 1960. The van der Waals surface area contributed by atoms with Gasteiger partial charge in [0.25, 0.3) is 11.8 Å². The number of amides is 3. The molecule has 0 fully saturated rings. The standard InChI is InChI=1S/C40H37N3O5S/c1-26-15-21-34(27(2)23-26)42-40(46)37(28-11-7-5-8-12-28)49-33-19-16-31(17-20-33)41-39(45)35(43-38(44)29-13-9-6-10-14-29)25-30-24-32(47-3)18-22-36(30)48-4/h5-25,37H,1-4H3,(H,41,45)(H,42,46)(H,43,44)/b35-25-. The molecule has 3 amide bonds. The van der Waals surface area contributed by atoms with Gasteiger partial charge in [-0.15, -0.1) is 11.8 Å². The van der Waals surface area contributed by atoms with E-state index < -0.39 is 17.1 Å². The minimum absolute atomic E-state index is 0.00562. The van der Waals surface area contributed by atoms with Gasteiger partial charge in [-0.05, 0) is 91.7 Å². The van der Waals surface area contributed by atoms with Crippen LogP contribution in [0.25, 0.3) is 6.08 Å². The Morgan fingerprint density at radius 1 is 0.735 bits per heavy atom. The van der Waals surface area contributed by atoms with Gasteiger partial charge in [0.15, 0.2) is 0 Å². The van der Waals surface area contributed by atoms with Gasteiger partial charge in [0, 0.05) is 27.4 Å². The summed E-state index contributed by atoms with van der Waals surface area (Å²) in [5, 5.41) is 8.20. The SMILES string of the molecule is COc1ccc(OC)c(/C=C(\NC(=O)c2ccccc2)C(=O)Nc2ccc(SC(C(=O)Nc3ccc(C)cc3C)c3ccccc3)cc2)c1. The zero-order valence-electron chi connectivity index (χ0n) is 27.7. The highest BCUT2D eigenvalue weighted by atomic mass is 32.2. The zero-order valence-corrected chi connectivity index (χ0v) is 28.5. The molecule has 0 aromatic heterocycles. The second-order valence-electron chi connectivity index (χ2n) is 11.2. The maximum atomic E-state index is 13.7. The maximum Gasteiger partial charge on any atom is 0.272 e. The second-order valence-corrected chi connectivity index (χ2v) is 12.4. The minimum atomic E-state index is -0.537. The van der Waals surface area contributed by atoms with Crippen molar-refractivity contribution in [2.45, 2.75) is 24.0 Å². The first-order valence-corrected chi connectivity index (χ1v) is 16.4. The van der Waals surface area contributed by atoms with Crippen molar-refractivity contribution in [2.24, 2.45) is 0 Å². The van der Waals surface area contributed by atoms with Crippen LogP contribution in [0.5, 0.6) is 11.5 Å². The molecule has 1 atom stereocenters. The highest BCUT2D eigenvalue weighted by Crippen LogP contribution is 2.37. The van der Waals surface area contributed by atoms with Gasteiger partial charge in [-0.2, -0.15) is 0 Å². The summed E-state index contributed by atoms with van der Waals surface area (Å²) in [6.07, 6.45) is 1.54. The van der Waals surface area contributed by atoms with Crippen LogP contribution in [0.2, 0.25) is 0 Å². The average Bonchev–Trinajstić information content (AvgIpc) is 3.12. The van der Waals surface area contributed by atoms with Crippen LogP contribution in [-0.4, -0.2) is 31.9 Å². The van der Waals surface area contributed by atoms with Crippen molar-refractivity contribution in [3.63, 3.8) is 0 Å². The number of carbonyl (C=O) groups excluding carboxylic acids is 3. The summed E-state index contributed by atoms with van der Waals surface area (Å²) in [7, 11) is 3.07. The van der Waals surface area contributed by atoms with Crippen LogP contribution in [0.15, 0.2) is 132 Å². The number of benzene rings is 5. The minimum Gasteiger partial charge on any atom is -0.497 e. The predicted octanol–water partition coefficient (Wildman–Crippen LogP) is 8.20. The second kappa shape index (κ2) is 16.3. The molecule has 3 N–H and O–H groups in total. The number of carbonyl (C=O) groups is 3. The van der Waals surface area contributed by atoms with E-state index in [1.165, 1.54) is 18.9 Å². The molecule has 0 radical (unpaired) electrons. The summed E-state index contributed by atoms with van der Waals surface area (Å²) in [5.41, 5.74) is 5.19. The average molecular weight is 672 g/mol. The van der Waals surface area contributed by atoms with Crippen LogP contribution < -0.4 is 25.4 Å². The molecule has 0 aliphatic heterocycles. The smallest absolute Gasteiger partial charge is 0.272 e. The van der Waals surface area contributed by atoms with Crippen LogP contribution >= 0.6 is 11.8 Å².